The van der Waals surface area contributed by atoms with Crippen LogP contribution in [0.25, 0.3) is 0 Å². The number of Topliss-reactive ketones (excluding diaryl/α,β-unsaturated/α-hetero) is 1. The first-order valence-corrected chi connectivity index (χ1v) is 5.24. The number of ketones is 1. The number of rotatable bonds is 1. The number of hydrogen-bond donors (Lipinski definition) is 0. The molecule has 0 aromatic carbocycles. The van der Waals surface area contributed by atoms with Crippen molar-refractivity contribution in [3.8, 4) is 0 Å². The van der Waals surface area contributed by atoms with Gasteiger partial charge in [-0.2, -0.15) is 0 Å². The average molecular weight is 179 g/mol. The zero-order valence-corrected chi connectivity index (χ0v) is 8.25. The van der Waals surface area contributed by atoms with Gasteiger partial charge in [0.05, 0.1) is 0 Å². The van der Waals surface area contributed by atoms with Gasteiger partial charge >= 0.3 is 0 Å². The Morgan fingerprint density at radius 3 is 3.00 bits per heavy atom. The maximum atomic E-state index is 11.4. The molecule has 0 amide bonds. The van der Waals surface area contributed by atoms with E-state index >= 15 is 0 Å². The third-order valence-corrected chi connectivity index (χ3v) is 3.14. The van der Waals surface area contributed by atoms with Crippen LogP contribution in [-0.2, 0) is 4.79 Å². The molecule has 0 aliphatic carbocycles. The molecule has 1 atom stereocenters. The van der Waals surface area contributed by atoms with Crippen LogP contribution in [-0.4, -0.2) is 29.8 Å². The summed E-state index contributed by atoms with van der Waals surface area (Å²) >= 11 is 0. The lowest BCUT2D eigenvalue weighted by atomic mass is 10.0. The number of nitrogens with zero attached hydrogens (tertiary/aromatic N) is 1. The van der Waals surface area contributed by atoms with Crippen molar-refractivity contribution in [2.45, 2.75) is 38.6 Å². The summed E-state index contributed by atoms with van der Waals surface area (Å²) in [7, 11) is 0. The minimum atomic E-state index is 0.277. The third kappa shape index (κ3) is 1.68. The average Bonchev–Trinajstić information content (AvgIpc) is 2.44. The van der Waals surface area contributed by atoms with Gasteiger partial charge in [-0.05, 0) is 45.7 Å². The van der Waals surface area contributed by atoms with Crippen molar-refractivity contribution in [3.63, 3.8) is 0 Å². The van der Waals surface area contributed by atoms with E-state index in [0.29, 0.717) is 6.04 Å². The summed E-state index contributed by atoms with van der Waals surface area (Å²) in [5.74, 6) is 0.277. The van der Waals surface area contributed by atoms with E-state index in [1.807, 2.05) is 0 Å². The second-order valence-electron chi connectivity index (χ2n) is 4.05. The van der Waals surface area contributed by atoms with E-state index in [4.69, 9.17) is 0 Å². The highest BCUT2D eigenvalue weighted by Crippen LogP contribution is 2.27. The zero-order chi connectivity index (χ0) is 9.26. The molecule has 72 valence electrons. The fourth-order valence-electron chi connectivity index (χ4n) is 2.51. The van der Waals surface area contributed by atoms with E-state index in [2.05, 4.69) is 11.0 Å². The topological polar surface area (TPSA) is 20.3 Å². The molecule has 0 bridgehead atoms. The summed E-state index contributed by atoms with van der Waals surface area (Å²) in [6.45, 7) is 4.07. The van der Waals surface area contributed by atoms with Crippen molar-refractivity contribution in [3.05, 3.63) is 11.6 Å². The van der Waals surface area contributed by atoms with Crippen LogP contribution >= 0.6 is 0 Å². The molecule has 0 aromatic rings. The molecule has 2 nitrogen and oxygen atoms in total. The molecule has 2 rings (SSSR count). The van der Waals surface area contributed by atoms with Crippen molar-refractivity contribution in [2.75, 3.05) is 13.1 Å². The van der Waals surface area contributed by atoms with Crippen LogP contribution in [0.1, 0.15) is 32.6 Å². The summed E-state index contributed by atoms with van der Waals surface area (Å²) in [4.78, 5) is 13.9. The van der Waals surface area contributed by atoms with Gasteiger partial charge in [0.1, 0.15) is 0 Å². The van der Waals surface area contributed by atoms with Crippen LogP contribution < -0.4 is 0 Å². The van der Waals surface area contributed by atoms with Gasteiger partial charge < -0.3 is 0 Å². The van der Waals surface area contributed by atoms with Crippen LogP contribution in [0.2, 0.25) is 0 Å². The van der Waals surface area contributed by atoms with Gasteiger partial charge in [-0.3, -0.25) is 9.69 Å². The number of carbonyl (C=O) groups excluding carboxylic acids is 1. The quantitative estimate of drug-likeness (QED) is 0.611. The van der Waals surface area contributed by atoms with E-state index in [-0.39, 0.29) is 5.78 Å². The monoisotopic (exact) mass is 179 g/mol. The first-order valence-electron chi connectivity index (χ1n) is 5.24. The molecule has 0 aromatic heterocycles. The molecule has 0 radical (unpaired) electrons. The van der Waals surface area contributed by atoms with Gasteiger partial charge in [-0.15, -0.1) is 0 Å². The van der Waals surface area contributed by atoms with Crippen molar-refractivity contribution in [1.29, 1.82) is 0 Å². The summed E-state index contributed by atoms with van der Waals surface area (Å²) < 4.78 is 0. The fraction of sp³-hybridized carbons (Fsp3) is 0.727. The molecule has 0 N–H and O–H groups in total. The Balaban J connectivity index is 2.21. The van der Waals surface area contributed by atoms with Gasteiger partial charge in [-0.25, -0.2) is 0 Å². The highest BCUT2D eigenvalue weighted by Gasteiger charge is 2.30. The molecule has 1 fully saturated rings. The minimum Gasteiger partial charge on any atom is -0.296 e. The Labute approximate surface area is 79.6 Å². The number of hydrogen-bond acceptors (Lipinski definition) is 2. The Bertz CT molecular complexity index is 244. The largest absolute Gasteiger partial charge is 0.296 e. The van der Waals surface area contributed by atoms with E-state index in [9.17, 15) is 4.79 Å². The van der Waals surface area contributed by atoms with Crippen molar-refractivity contribution >= 4 is 5.78 Å². The standard InChI is InChI=1S/C11H17NO/c1-9(13)10-5-2-3-7-12-8-4-6-11(10)12/h5,11H,2-4,6-8H2,1H3. The molecule has 1 unspecified atom stereocenters. The Morgan fingerprint density at radius 1 is 1.46 bits per heavy atom. The van der Waals surface area contributed by atoms with Crippen LogP contribution in [0.3, 0.4) is 0 Å². The number of fused-ring (bicyclic) bond motifs is 1. The van der Waals surface area contributed by atoms with Crippen LogP contribution in [0.15, 0.2) is 11.6 Å². The smallest absolute Gasteiger partial charge is 0.157 e. The predicted octanol–water partition coefficient (Wildman–Crippen LogP) is 1.76. The van der Waals surface area contributed by atoms with E-state index in [1.165, 1.54) is 32.4 Å². The molecule has 2 heterocycles. The maximum Gasteiger partial charge on any atom is 0.157 e. The van der Waals surface area contributed by atoms with Crippen molar-refractivity contribution < 1.29 is 4.79 Å². The lowest BCUT2D eigenvalue weighted by molar-refractivity contribution is -0.114. The molecule has 0 saturated carbocycles. The Kier molecular flexibility index (Phi) is 2.49. The van der Waals surface area contributed by atoms with Crippen molar-refractivity contribution in [1.82, 2.24) is 4.90 Å². The lowest BCUT2D eigenvalue weighted by Gasteiger charge is -2.23. The first-order chi connectivity index (χ1) is 6.29. The molecule has 0 spiro atoms. The second kappa shape index (κ2) is 3.62. The summed E-state index contributed by atoms with van der Waals surface area (Å²) in [5, 5.41) is 0. The first kappa shape index (κ1) is 8.95. The van der Waals surface area contributed by atoms with Gasteiger partial charge in [0.2, 0.25) is 0 Å². The normalized spacial score (nSPS) is 29.3. The van der Waals surface area contributed by atoms with E-state index in [1.54, 1.807) is 6.92 Å². The fourth-order valence-corrected chi connectivity index (χ4v) is 2.51. The molecular weight excluding hydrogens is 162 g/mol. The summed E-state index contributed by atoms with van der Waals surface area (Å²) in [6.07, 6.45) is 6.91. The highest BCUT2D eigenvalue weighted by atomic mass is 16.1. The molecule has 1 saturated heterocycles. The molecule has 13 heavy (non-hydrogen) atoms. The van der Waals surface area contributed by atoms with Crippen molar-refractivity contribution in [2.24, 2.45) is 0 Å². The van der Waals surface area contributed by atoms with Crippen LogP contribution in [0.5, 0.6) is 0 Å². The van der Waals surface area contributed by atoms with Gasteiger partial charge in [0, 0.05) is 11.6 Å². The molecule has 2 heteroatoms. The molecule has 2 aliphatic rings. The third-order valence-electron chi connectivity index (χ3n) is 3.14. The van der Waals surface area contributed by atoms with Gasteiger partial charge in [-0.1, -0.05) is 6.08 Å². The minimum absolute atomic E-state index is 0.277. The number of allylic oxidation sites excluding steroid dienone is 1. The summed E-state index contributed by atoms with van der Waals surface area (Å²) in [6, 6.07) is 0.458. The summed E-state index contributed by atoms with van der Waals surface area (Å²) in [5.41, 5.74) is 1.08. The molecule has 2 aliphatic heterocycles. The Hall–Kier alpha value is -0.630. The Morgan fingerprint density at radius 2 is 2.23 bits per heavy atom. The predicted molar refractivity (Wildman–Crippen MR) is 52.6 cm³/mol. The SMILES string of the molecule is CC(=O)C1=CCCCN2CCCC12. The lowest BCUT2D eigenvalue weighted by Crippen LogP contribution is -2.32. The van der Waals surface area contributed by atoms with Gasteiger partial charge in [0.15, 0.2) is 5.78 Å². The number of carbonyl (C=O) groups is 1. The van der Waals surface area contributed by atoms with E-state index in [0.717, 1.165) is 12.0 Å². The zero-order valence-electron chi connectivity index (χ0n) is 8.25. The second-order valence-corrected chi connectivity index (χ2v) is 4.05. The maximum absolute atomic E-state index is 11.4. The van der Waals surface area contributed by atoms with Gasteiger partial charge in [0.25, 0.3) is 0 Å². The van der Waals surface area contributed by atoms with E-state index < -0.39 is 0 Å². The van der Waals surface area contributed by atoms with Crippen LogP contribution in [0.4, 0.5) is 0 Å². The van der Waals surface area contributed by atoms with Crippen LogP contribution in [0, 0.1) is 0 Å². The highest BCUT2D eigenvalue weighted by molar-refractivity contribution is 5.94. The molecular formula is C11H17NO.